The van der Waals surface area contributed by atoms with Gasteiger partial charge in [0.15, 0.2) is 0 Å². The van der Waals surface area contributed by atoms with Gasteiger partial charge < -0.3 is 5.11 Å². The van der Waals surface area contributed by atoms with Crippen LogP contribution in [-0.2, 0) is 0 Å². The molecule has 3 aromatic rings. The van der Waals surface area contributed by atoms with Crippen LogP contribution in [0.4, 0.5) is 5.69 Å². The first-order valence-electron chi connectivity index (χ1n) is 6.51. The van der Waals surface area contributed by atoms with Crippen LogP contribution in [0.5, 0.6) is 5.75 Å². The van der Waals surface area contributed by atoms with Crippen LogP contribution < -0.4 is 5.11 Å². The summed E-state index contributed by atoms with van der Waals surface area (Å²) in [6.07, 6.45) is 1.34. The minimum atomic E-state index is -0.583. The molecule has 0 saturated heterocycles. The second-order valence-electron chi connectivity index (χ2n) is 4.64. The van der Waals surface area contributed by atoms with E-state index in [2.05, 4.69) is 4.98 Å². The van der Waals surface area contributed by atoms with Crippen molar-refractivity contribution in [3.63, 3.8) is 0 Å². The van der Waals surface area contributed by atoms with E-state index in [1.165, 1.54) is 17.4 Å². The highest BCUT2D eigenvalue weighted by molar-refractivity contribution is 7.19. The lowest BCUT2D eigenvalue weighted by Crippen LogP contribution is -1.96. The van der Waals surface area contributed by atoms with Gasteiger partial charge in [0.2, 0.25) is 0 Å². The van der Waals surface area contributed by atoms with Gasteiger partial charge in [-0.3, -0.25) is 10.1 Å². The molecule has 0 aliphatic rings. The van der Waals surface area contributed by atoms with Crippen LogP contribution in [0.3, 0.4) is 0 Å². The predicted octanol–water partition coefficient (Wildman–Crippen LogP) is 3.34. The summed E-state index contributed by atoms with van der Waals surface area (Å²) in [7, 11) is 0. The first-order chi connectivity index (χ1) is 11.1. The van der Waals surface area contributed by atoms with E-state index < -0.39 is 4.92 Å². The molecule has 0 aliphatic carbocycles. The second kappa shape index (κ2) is 5.87. The smallest absolute Gasteiger partial charge is 0.269 e. The van der Waals surface area contributed by atoms with Gasteiger partial charge in [-0.2, -0.15) is 5.26 Å². The topological polar surface area (TPSA) is 103 Å². The summed E-state index contributed by atoms with van der Waals surface area (Å²) < 4.78 is 0.921. The summed E-state index contributed by atoms with van der Waals surface area (Å²) in [6, 6.07) is 12.9. The van der Waals surface area contributed by atoms with E-state index in [0.29, 0.717) is 5.01 Å². The van der Waals surface area contributed by atoms with Gasteiger partial charge in [0.25, 0.3) is 5.69 Å². The minimum Gasteiger partial charge on any atom is -0.872 e. The number of rotatable bonds is 3. The number of nitro benzene ring substituents is 1. The molecule has 0 radical (unpaired) electrons. The minimum absolute atomic E-state index is 0.0926. The molecule has 0 aliphatic heterocycles. The zero-order chi connectivity index (χ0) is 16.4. The van der Waals surface area contributed by atoms with E-state index >= 15 is 0 Å². The molecule has 0 amide bonds. The Kier molecular flexibility index (Phi) is 3.75. The molecule has 0 unspecified atom stereocenters. The molecule has 2 aromatic carbocycles. The molecule has 7 heteroatoms. The Morgan fingerprint density at radius 2 is 2.09 bits per heavy atom. The lowest BCUT2D eigenvalue weighted by atomic mass is 10.1. The third-order valence-corrected chi connectivity index (χ3v) is 4.22. The third kappa shape index (κ3) is 2.88. The molecule has 3 rings (SSSR count). The summed E-state index contributed by atoms with van der Waals surface area (Å²) in [5, 5.41) is 32.5. The molecule has 0 fully saturated rings. The molecule has 0 bridgehead atoms. The zero-order valence-electron chi connectivity index (χ0n) is 11.6. The SMILES string of the molecule is N#C/C(=C\c1cc([N+](=O)[O-])ccc1[O-])c1nc2ccccc2s1. The number of hydrogen-bond acceptors (Lipinski definition) is 6. The van der Waals surface area contributed by atoms with Gasteiger partial charge in [-0.15, -0.1) is 17.1 Å². The van der Waals surface area contributed by atoms with Crippen LogP contribution >= 0.6 is 11.3 Å². The number of nitro groups is 1. The fourth-order valence-electron chi connectivity index (χ4n) is 2.05. The van der Waals surface area contributed by atoms with Gasteiger partial charge in [-0.25, -0.2) is 4.98 Å². The number of aromatic nitrogens is 1. The number of allylic oxidation sites excluding steroid dienone is 1. The Labute approximate surface area is 134 Å². The van der Waals surface area contributed by atoms with Gasteiger partial charge in [-0.05, 0) is 23.8 Å². The summed E-state index contributed by atoms with van der Waals surface area (Å²) in [5.74, 6) is -0.385. The van der Waals surface area contributed by atoms with Gasteiger partial charge >= 0.3 is 0 Å². The maximum atomic E-state index is 11.9. The number of para-hydroxylation sites is 1. The molecule has 1 aromatic heterocycles. The van der Waals surface area contributed by atoms with Crippen LogP contribution in [0.15, 0.2) is 42.5 Å². The first kappa shape index (κ1) is 14.7. The van der Waals surface area contributed by atoms with E-state index in [1.807, 2.05) is 30.3 Å². The van der Waals surface area contributed by atoms with E-state index in [9.17, 15) is 20.5 Å². The molecule has 0 spiro atoms. The lowest BCUT2D eigenvalue weighted by Gasteiger charge is -2.09. The standard InChI is InChI=1S/C16H9N3O3S/c17-9-11(16-18-13-3-1-2-4-15(13)23-16)7-10-8-12(19(21)22)5-6-14(10)20/h1-8,20H/p-1/b11-7+. The average Bonchev–Trinajstić information content (AvgIpc) is 2.97. The Morgan fingerprint density at radius 3 is 2.78 bits per heavy atom. The molecule has 23 heavy (non-hydrogen) atoms. The Morgan fingerprint density at radius 1 is 1.30 bits per heavy atom. The van der Waals surface area contributed by atoms with Gasteiger partial charge in [-0.1, -0.05) is 18.2 Å². The molecular formula is C16H8N3O3S-. The predicted molar refractivity (Wildman–Crippen MR) is 85.6 cm³/mol. The Balaban J connectivity index is 2.10. The number of non-ortho nitro benzene ring substituents is 1. The van der Waals surface area contributed by atoms with Crippen LogP contribution in [0.1, 0.15) is 10.6 Å². The fourth-order valence-corrected chi connectivity index (χ4v) is 2.98. The van der Waals surface area contributed by atoms with Crippen molar-refractivity contribution in [2.45, 2.75) is 0 Å². The first-order valence-corrected chi connectivity index (χ1v) is 7.33. The molecule has 1 heterocycles. The zero-order valence-corrected chi connectivity index (χ0v) is 12.4. The summed E-state index contributed by atoms with van der Waals surface area (Å²) in [5.41, 5.74) is 0.853. The molecule has 6 nitrogen and oxygen atoms in total. The highest BCUT2D eigenvalue weighted by atomic mass is 32.1. The summed E-state index contributed by atoms with van der Waals surface area (Å²) >= 11 is 1.33. The van der Waals surface area contributed by atoms with Crippen LogP contribution in [0.25, 0.3) is 21.9 Å². The lowest BCUT2D eigenvalue weighted by molar-refractivity contribution is -0.385. The average molecular weight is 322 g/mol. The summed E-state index contributed by atoms with van der Waals surface area (Å²) in [4.78, 5) is 14.6. The van der Waals surface area contributed by atoms with Crippen LogP contribution in [0.2, 0.25) is 0 Å². The number of nitriles is 1. The number of nitrogens with zero attached hydrogens (tertiary/aromatic N) is 3. The number of hydrogen-bond donors (Lipinski definition) is 0. The van der Waals surface area contributed by atoms with Gasteiger partial charge in [0.1, 0.15) is 11.1 Å². The highest BCUT2D eigenvalue weighted by Crippen LogP contribution is 2.30. The molecule has 0 saturated carbocycles. The van der Waals surface area contributed by atoms with Crippen molar-refractivity contribution in [3.05, 3.63) is 63.1 Å². The van der Waals surface area contributed by atoms with Crippen LogP contribution in [0, 0.1) is 21.4 Å². The third-order valence-electron chi connectivity index (χ3n) is 3.15. The van der Waals surface area contributed by atoms with Crippen molar-refractivity contribution in [1.82, 2.24) is 4.98 Å². The number of benzene rings is 2. The van der Waals surface area contributed by atoms with E-state index in [1.54, 1.807) is 0 Å². The van der Waals surface area contributed by atoms with E-state index in [4.69, 9.17) is 0 Å². The second-order valence-corrected chi connectivity index (χ2v) is 5.67. The van der Waals surface area contributed by atoms with Crippen molar-refractivity contribution in [3.8, 4) is 11.8 Å². The summed E-state index contributed by atoms with van der Waals surface area (Å²) in [6.45, 7) is 0. The molecule has 112 valence electrons. The Hall–Kier alpha value is -3.24. The molecular weight excluding hydrogens is 314 g/mol. The van der Waals surface area contributed by atoms with Gasteiger partial charge in [0.05, 0.1) is 20.7 Å². The Bertz CT molecular complexity index is 953. The number of thiazole rings is 1. The quantitative estimate of drug-likeness (QED) is 0.418. The maximum Gasteiger partial charge on any atom is 0.269 e. The number of fused-ring (bicyclic) bond motifs is 1. The molecule has 0 atom stereocenters. The maximum absolute atomic E-state index is 11.9. The largest absolute Gasteiger partial charge is 0.872 e. The van der Waals surface area contributed by atoms with E-state index in [-0.39, 0.29) is 22.6 Å². The van der Waals surface area contributed by atoms with Crippen molar-refractivity contribution < 1.29 is 10.0 Å². The normalized spacial score (nSPS) is 11.3. The van der Waals surface area contributed by atoms with Gasteiger partial charge in [0, 0.05) is 12.1 Å². The van der Waals surface area contributed by atoms with Crippen LogP contribution in [-0.4, -0.2) is 9.91 Å². The van der Waals surface area contributed by atoms with Crippen molar-refractivity contribution in [1.29, 1.82) is 5.26 Å². The van der Waals surface area contributed by atoms with Crippen molar-refractivity contribution in [2.75, 3.05) is 0 Å². The fraction of sp³-hybridized carbons (Fsp3) is 0. The van der Waals surface area contributed by atoms with Crippen molar-refractivity contribution >= 4 is 38.9 Å². The van der Waals surface area contributed by atoms with E-state index in [0.717, 1.165) is 28.4 Å². The monoisotopic (exact) mass is 322 g/mol. The highest BCUT2D eigenvalue weighted by Gasteiger charge is 2.10. The molecule has 0 N–H and O–H groups in total. The van der Waals surface area contributed by atoms with Crippen molar-refractivity contribution in [2.24, 2.45) is 0 Å².